The van der Waals surface area contributed by atoms with Crippen molar-refractivity contribution in [3.8, 4) is 17.2 Å². The van der Waals surface area contributed by atoms with Crippen LogP contribution in [0.1, 0.15) is 11.3 Å². The fourth-order valence-corrected chi connectivity index (χ4v) is 2.36. The summed E-state index contributed by atoms with van der Waals surface area (Å²) in [6.45, 7) is 0. The summed E-state index contributed by atoms with van der Waals surface area (Å²) < 4.78 is 11.0. The molecule has 24 heavy (non-hydrogen) atoms. The summed E-state index contributed by atoms with van der Waals surface area (Å²) in [5.41, 5.74) is 1.50. The molecule has 3 aromatic rings. The summed E-state index contributed by atoms with van der Waals surface area (Å²) in [5.74, 6) is 1.89. The second-order valence-corrected chi connectivity index (χ2v) is 5.54. The molecule has 2 aromatic carbocycles. The maximum Gasteiger partial charge on any atom is 0.264 e. The predicted molar refractivity (Wildman–Crippen MR) is 92.2 cm³/mol. The van der Waals surface area contributed by atoms with Crippen LogP contribution < -0.4 is 15.0 Å². The van der Waals surface area contributed by atoms with E-state index in [-0.39, 0.29) is 5.56 Å². The van der Waals surface area contributed by atoms with Crippen LogP contribution in [0.3, 0.4) is 0 Å². The highest BCUT2D eigenvalue weighted by Crippen LogP contribution is 2.32. The molecule has 0 bridgehead atoms. The molecule has 6 heteroatoms. The van der Waals surface area contributed by atoms with Crippen molar-refractivity contribution >= 4 is 11.6 Å². The topological polar surface area (TPSA) is 64.2 Å². The van der Waals surface area contributed by atoms with Crippen LogP contribution in [0.15, 0.2) is 59.4 Å². The van der Waals surface area contributed by atoms with Gasteiger partial charge >= 0.3 is 0 Å². The van der Waals surface area contributed by atoms with Crippen molar-refractivity contribution < 1.29 is 9.47 Å². The Balaban J connectivity index is 1.83. The quantitative estimate of drug-likeness (QED) is 0.765. The average molecular weight is 343 g/mol. The largest absolute Gasteiger partial charge is 0.497 e. The highest BCUT2D eigenvalue weighted by Gasteiger charge is 2.07. The second kappa shape index (κ2) is 7.19. The molecule has 1 aromatic heterocycles. The summed E-state index contributed by atoms with van der Waals surface area (Å²) in [5, 5.41) is 6.94. The van der Waals surface area contributed by atoms with Crippen LogP contribution in [0.2, 0.25) is 5.02 Å². The molecule has 0 radical (unpaired) electrons. The van der Waals surface area contributed by atoms with Crippen molar-refractivity contribution in [1.82, 2.24) is 10.2 Å². The first-order valence-electron chi connectivity index (χ1n) is 7.29. The van der Waals surface area contributed by atoms with Crippen molar-refractivity contribution in [1.29, 1.82) is 0 Å². The number of methoxy groups -OCH3 is 1. The molecule has 0 unspecified atom stereocenters. The number of H-pyrrole nitrogens is 1. The Bertz CT molecular complexity index is 888. The number of nitrogens with zero attached hydrogens (tertiary/aromatic N) is 1. The van der Waals surface area contributed by atoms with Crippen molar-refractivity contribution in [2.75, 3.05) is 7.11 Å². The lowest BCUT2D eigenvalue weighted by Gasteiger charge is -2.10. The molecular weight excluding hydrogens is 328 g/mol. The normalized spacial score (nSPS) is 10.4. The van der Waals surface area contributed by atoms with Gasteiger partial charge < -0.3 is 9.47 Å². The van der Waals surface area contributed by atoms with E-state index in [1.165, 1.54) is 6.07 Å². The minimum atomic E-state index is -0.225. The molecule has 3 rings (SSSR count). The van der Waals surface area contributed by atoms with Crippen molar-refractivity contribution in [2.24, 2.45) is 0 Å². The van der Waals surface area contributed by atoms with Gasteiger partial charge in [-0.2, -0.15) is 5.10 Å². The lowest BCUT2D eigenvalue weighted by atomic mass is 10.1. The summed E-state index contributed by atoms with van der Waals surface area (Å²) >= 11 is 6.22. The molecule has 0 saturated carbocycles. The van der Waals surface area contributed by atoms with Crippen molar-refractivity contribution in [3.63, 3.8) is 0 Å². The van der Waals surface area contributed by atoms with E-state index in [0.29, 0.717) is 28.7 Å². The van der Waals surface area contributed by atoms with Crippen LogP contribution in [0.4, 0.5) is 0 Å². The zero-order valence-corrected chi connectivity index (χ0v) is 13.7. The highest BCUT2D eigenvalue weighted by atomic mass is 35.5. The van der Waals surface area contributed by atoms with E-state index >= 15 is 0 Å². The second-order valence-electron chi connectivity index (χ2n) is 5.14. The number of nitrogens with one attached hydrogen (secondary N) is 1. The lowest BCUT2D eigenvalue weighted by molar-refractivity contribution is 0.409. The van der Waals surface area contributed by atoms with Crippen molar-refractivity contribution in [3.05, 3.63) is 81.2 Å². The Hall–Kier alpha value is -2.79. The van der Waals surface area contributed by atoms with Gasteiger partial charge in [-0.05, 0) is 35.9 Å². The minimum absolute atomic E-state index is 0.225. The number of aromatic amines is 1. The molecule has 0 amide bonds. The highest BCUT2D eigenvalue weighted by molar-refractivity contribution is 6.32. The standard InChI is InChI=1S/C18H15ClN2O3/c1-23-14-3-2-4-15(11-14)24-17-10-12(5-7-16(17)19)9-13-6-8-18(22)21-20-13/h2-8,10-11H,9H2,1H3,(H,21,22). The van der Waals surface area contributed by atoms with E-state index in [2.05, 4.69) is 10.2 Å². The minimum Gasteiger partial charge on any atom is -0.497 e. The first-order chi connectivity index (χ1) is 11.6. The molecule has 0 aliphatic heterocycles. The van der Waals surface area contributed by atoms with E-state index in [1.54, 1.807) is 25.3 Å². The summed E-state index contributed by atoms with van der Waals surface area (Å²) in [6.07, 6.45) is 0.558. The Morgan fingerprint density at radius 2 is 1.92 bits per heavy atom. The number of rotatable bonds is 5. The number of hydrogen-bond acceptors (Lipinski definition) is 4. The molecule has 1 heterocycles. The van der Waals surface area contributed by atoms with E-state index in [1.807, 2.05) is 30.3 Å². The van der Waals surface area contributed by atoms with Gasteiger partial charge in [0, 0.05) is 18.6 Å². The SMILES string of the molecule is COc1cccc(Oc2cc(Cc3ccc(=O)[nH]n3)ccc2Cl)c1. The molecular formula is C18H15ClN2O3. The molecule has 1 N–H and O–H groups in total. The first-order valence-corrected chi connectivity index (χ1v) is 7.67. The third kappa shape index (κ3) is 3.94. The van der Waals surface area contributed by atoms with Crippen LogP contribution in [0.25, 0.3) is 0 Å². The van der Waals surface area contributed by atoms with E-state index in [4.69, 9.17) is 21.1 Å². The number of halogens is 1. The fourth-order valence-electron chi connectivity index (χ4n) is 2.21. The maximum absolute atomic E-state index is 11.1. The Labute approximate surface area is 143 Å². The summed E-state index contributed by atoms with van der Waals surface area (Å²) in [7, 11) is 1.60. The first kappa shape index (κ1) is 16.1. The Morgan fingerprint density at radius 3 is 2.67 bits per heavy atom. The monoisotopic (exact) mass is 342 g/mol. The van der Waals surface area contributed by atoms with E-state index in [9.17, 15) is 4.79 Å². The molecule has 0 aliphatic carbocycles. The number of ether oxygens (including phenoxy) is 2. The summed E-state index contributed by atoms with van der Waals surface area (Å²) in [4.78, 5) is 11.1. The molecule has 0 atom stereocenters. The van der Waals surface area contributed by atoms with Gasteiger partial charge in [-0.25, -0.2) is 5.10 Å². The summed E-state index contributed by atoms with van der Waals surface area (Å²) in [6, 6.07) is 16.0. The van der Waals surface area contributed by atoms with Gasteiger partial charge in [-0.1, -0.05) is 23.7 Å². The third-order valence-electron chi connectivity index (χ3n) is 3.39. The van der Waals surface area contributed by atoms with Gasteiger partial charge in [0.1, 0.15) is 17.2 Å². The Kier molecular flexibility index (Phi) is 4.82. The van der Waals surface area contributed by atoms with Crippen LogP contribution in [0.5, 0.6) is 17.2 Å². The van der Waals surface area contributed by atoms with Gasteiger partial charge in [0.25, 0.3) is 5.56 Å². The van der Waals surface area contributed by atoms with Crippen LogP contribution in [-0.4, -0.2) is 17.3 Å². The number of benzene rings is 2. The van der Waals surface area contributed by atoms with E-state index < -0.39 is 0 Å². The van der Waals surface area contributed by atoms with Gasteiger partial charge in [0.05, 0.1) is 17.8 Å². The van der Waals surface area contributed by atoms with E-state index in [0.717, 1.165) is 11.3 Å². The molecule has 0 spiro atoms. The third-order valence-corrected chi connectivity index (χ3v) is 3.70. The zero-order chi connectivity index (χ0) is 16.9. The van der Waals surface area contributed by atoms with Gasteiger partial charge in [0.2, 0.25) is 0 Å². The van der Waals surface area contributed by atoms with Gasteiger partial charge in [-0.3, -0.25) is 4.79 Å². The van der Waals surface area contributed by atoms with Crippen LogP contribution in [-0.2, 0) is 6.42 Å². The molecule has 5 nitrogen and oxygen atoms in total. The van der Waals surface area contributed by atoms with Crippen LogP contribution >= 0.6 is 11.6 Å². The number of hydrogen-bond donors (Lipinski definition) is 1. The molecule has 0 aliphatic rings. The zero-order valence-electron chi connectivity index (χ0n) is 13.0. The van der Waals surface area contributed by atoms with Crippen LogP contribution in [0, 0.1) is 0 Å². The number of aromatic nitrogens is 2. The molecule has 122 valence electrons. The predicted octanol–water partition coefficient (Wildman–Crippen LogP) is 3.82. The Morgan fingerprint density at radius 1 is 1.08 bits per heavy atom. The lowest BCUT2D eigenvalue weighted by Crippen LogP contribution is -2.07. The molecule has 0 saturated heterocycles. The maximum atomic E-state index is 11.1. The fraction of sp³-hybridized carbons (Fsp3) is 0.111. The smallest absolute Gasteiger partial charge is 0.264 e. The average Bonchev–Trinajstić information content (AvgIpc) is 2.60. The van der Waals surface area contributed by atoms with Gasteiger partial charge in [-0.15, -0.1) is 0 Å². The van der Waals surface area contributed by atoms with Crippen molar-refractivity contribution in [2.45, 2.75) is 6.42 Å². The molecule has 0 fully saturated rings. The van der Waals surface area contributed by atoms with Gasteiger partial charge in [0.15, 0.2) is 0 Å².